The Hall–Kier alpha value is -3.31. The summed E-state index contributed by atoms with van der Waals surface area (Å²) < 4.78 is 16.6. The van der Waals surface area contributed by atoms with Crippen molar-refractivity contribution in [3.05, 3.63) is 89.4 Å². The zero-order valence-electron chi connectivity index (χ0n) is 16.6. The molecule has 0 fully saturated rings. The van der Waals surface area contributed by atoms with Gasteiger partial charge in [-0.3, -0.25) is 4.79 Å². The van der Waals surface area contributed by atoms with Crippen molar-refractivity contribution in [2.45, 2.75) is 26.1 Å². The van der Waals surface area contributed by atoms with Gasteiger partial charge in [0.05, 0.1) is 0 Å². The fraction of sp³-hybridized carbons (Fsp3) is 0.167. The predicted octanol–water partition coefficient (Wildman–Crippen LogP) is 5.71. The van der Waals surface area contributed by atoms with Gasteiger partial charge in [0.2, 0.25) is 5.78 Å². The van der Waals surface area contributed by atoms with E-state index in [0.29, 0.717) is 27.8 Å². The molecule has 2 atom stereocenters. The molecule has 0 saturated heterocycles. The van der Waals surface area contributed by atoms with Crippen molar-refractivity contribution in [2.75, 3.05) is 0 Å². The van der Waals surface area contributed by atoms with Crippen LogP contribution in [0.15, 0.2) is 78.9 Å². The van der Waals surface area contributed by atoms with Crippen molar-refractivity contribution in [1.82, 2.24) is 0 Å². The summed E-state index contributed by atoms with van der Waals surface area (Å²) in [7, 11) is 0. The number of hydrogen-bond acceptors (Lipinski definition) is 5. The second-order valence-electron chi connectivity index (χ2n) is 6.60. The minimum Gasteiger partial charge on any atom is -0.479 e. The van der Waals surface area contributed by atoms with Crippen LogP contribution < -0.4 is 9.47 Å². The van der Waals surface area contributed by atoms with E-state index < -0.39 is 18.2 Å². The summed E-state index contributed by atoms with van der Waals surface area (Å²) in [5, 5.41) is 0.631. The van der Waals surface area contributed by atoms with Crippen LogP contribution in [0.1, 0.15) is 24.2 Å². The van der Waals surface area contributed by atoms with E-state index in [1.807, 2.05) is 6.07 Å². The number of benzene rings is 3. The van der Waals surface area contributed by atoms with E-state index >= 15 is 0 Å². The number of ketones is 1. The highest BCUT2D eigenvalue weighted by atomic mass is 35.5. The normalized spacial score (nSPS) is 12.5. The van der Waals surface area contributed by atoms with E-state index in [4.69, 9.17) is 25.8 Å². The lowest BCUT2D eigenvalue weighted by Crippen LogP contribution is -2.32. The van der Waals surface area contributed by atoms with Crippen LogP contribution in [0.2, 0.25) is 5.02 Å². The van der Waals surface area contributed by atoms with Crippen LogP contribution in [0, 0.1) is 0 Å². The minimum atomic E-state index is -0.902. The number of carbonyl (C=O) groups is 2. The van der Waals surface area contributed by atoms with Crippen LogP contribution >= 0.6 is 11.6 Å². The van der Waals surface area contributed by atoms with Gasteiger partial charge < -0.3 is 14.2 Å². The van der Waals surface area contributed by atoms with Gasteiger partial charge in [0.15, 0.2) is 12.2 Å². The topological polar surface area (TPSA) is 61.8 Å². The Kier molecular flexibility index (Phi) is 7.09. The van der Waals surface area contributed by atoms with Gasteiger partial charge in [-0.25, -0.2) is 4.79 Å². The summed E-state index contributed by atoms with van der Waals surface area (Å²) in [5.74, 6) is 0.863. The Morgan fingerprint density at radius 1 is 0.733 bits per heavy atom. The molecule has 0 spiro atoms. The third kappa shape index (κ3) is 5.84. The number of hydrogen-bond donors (Lipinski definition) is 0. The van der Waals surface area contributed by atoms with Crippen LogP contribution in [0.4, 0.5) is 0 Å². The molecule has 0 aromatic heterocycles. The number of carbonyl (C=O) groups excluding carboxylic acids is 2. The molecule has 5 nitrogen and oxygen atoms in total. The molecular formula is C24H21ClO5. The number of rotatable bonds is 8. The maximum absolute atomic E-state index is 12.3. The van der Waals surface area contributed by atoms with Crippen molar-refractivity contribution in [2.24, 2.45) is 0 Å². The molecule has 0 bridgehead atoms. The highest BCUT2D eigenvalue weighted by Gasteiger charge is 2.24. The Balaban J connectivity index is 1.53. The van der Waals surface area contributed by atoms with Crippen molar-refractivity contribution in [1.29, 1.82) is 0 Å². The van der Waals surface area contributed by atoms with E-state index in [1.54, 1.807) is 86.6 Å². The zero-order chi connectivity index (χ0) is 21.5. The Labute approximate surface area is 180 Å². The lowest BCUT2D eigenvalue weighted by Gasteiger charge is -2.17. The molecular weight excluding hydrogens is 404 g/mol. The number of ether oxygens (including phenoxy) is 3. The quantitative estimate of drug-likeness (QED) is 0.342. The summed E-state index contributed by atoms with van der Waals surface area (Å²) in [5.41, 5.74) is 0.489. The number of esters is 1. The van der Waals surface area contributed by atoms with Gasteiger partial charge in [-0.2, -0.15) is 0 Å². The summed E-state index contributed by atoms with van der Waals surface area (Å²) in [6.45, 7) is 3.11. The molecule has 0 aliphatic heterocycles. The first-order chi connectivity index (χ1) is 14.4. The van der Waals surface area contributed by atoms with E-state index in [1.165, 1.54) is 0 Å². The molecule has 2 unspecified atom stereocenters. The van der Waals surface area contributed by atoms with Gasteiger partial charge in [0.25, 0.3) is 0 Å². The second-order valence-corrected chi connectivity index (χ2v) is 7.03. The van der Waals surface area contributed by atoms with Crippen LogP contribution in [0.5, 0.6) is 17.2 Å². The summed E-state index contributed by atoms with van der Waals surface area (Å²) in [4.78, 5) is 24.6. The first-order valence-corrected chi connectivity index (χ1v) is 9.80. The van der Waals surface area contributed by atoms with Gasteiger partial charge in [0.1, 0.15) is 17.2 Å². The molecule has 3 aromatic rings. The van der Waals surface area contributed by atoms with Crippen molar-refractivity contribution >= 4 is 23.4 Å². The zero-order valence-corrected chi connectivity index (χ0v) is 17.3. The van der Waals surface area contributed by atoms with Crippen molar-refractivity contribution < 1.29 is 23.8 Å². The van der Waals surface area contributed by atoms with Gasteiger partial charge in [0, 0.05) is 10.6 Å². The van der Waals surface area contributed by atoms with Gasteiger partial charge in [-0.1, -0.05) is 41.9 Å². The number of Topliss-reactive ketones (excluding diaryl/α,β-unsaturated/α-hetero) is 1. The minimum absolute atomic E-state index is 0.264. The maximum atomic E-state index is 12.3. The standard InChI is InChI=1S/C24H21ClO5/c1-16(23(26)18-6-4-3-5-7-18)29-24(27)17(2)28-20-12-14-22(15-13-20)30-21-10-8-19(25)9-11-21/h3-17H,1-2H3. The Bertz CT molecular complexity index is 984. The van der Waals surface area contributed by atoms with E-state index in [2.05, 4.69) is 0 Å². The molecule has 0 saturated carbocycles. The van der Waals surface area contributed by atoms with E-state index in [0.717, 1.165) is 0 Å². The monoisotopic (exact) mass is 424 g/mol. The molecule has 154 valence electrons. The largest absolute Gasteiger partial charge is 0.479 e. The summed E-state index contributed by atoms with van der Waals surface area (Å²) in [6.07, 6.45) is -1.78. The van der Waals surface area contributed by atoms with Crippen molar-refractivity contribution in [3.63, 3.8) is 0 Å². The smallest absolute Gasteiger partial charge is 0.347 e. The summed E-state index contributed by atoms with van der Waals surface area (Å²) >= 11 is 5.86. The van der Waals surface area contributed by atoms with Crippen LogP contribution in [0.25, 0.3) is 0 Å². The summed E-state index contributed by atoms with van der Waals surface area (Å²) in [6, 6.07) is 22.5. The number of halogens is 1. The van der Waals surface area contributed by atoms with Crippen LogP contribution in [-0.4, -0.2) is 24.0 Å². The lowest BCUT2D eigenvalue weighted by molar-refractivity contribution is -0.153. The molecule has 0 aliphatic rings. The fourth-order valence-corrected chi connectivity index (χ4v) is 2.76. The Morgan fingerprint density at radius 3 is 1.87 bits per heavy atom. The molecule has 0 N–H and O–H groups in total. The highest BCUT2D eigenvalue weighted by molar-refractivity contribution is 6.30. The predicted molar refractivity (Wildman–Crippen MR) is 114 cm³/mol. The molecule has 6 heteroatoms. The maximum Gasteiger partial charge on any atom is 0.347 e. The second kappa shape index (κ2) is 9.94. The fourth-order valence-electron chi connectivity index (χ4n) is 2.64. The molecule has 0 aliphatic carbocycles. The third-order valence-corrected chi connectivity index (χ3v) is 4.49. The van der Waals surface area contributed by atoms with Crippen molar-refractivity contribution in [3.8, 4) is 17.2 Å². The van der Waals surface area contributed by atoms with Crippen LogP contribution in [0.3, 0.4) is 0 Å². The van der Waals surface area contributed by atoms with Gasteiger partial charge in [-0.05, 0) is 62.4 Å². The molecule has 0 radical (unpaired) electrons. The third-order valence-electron chi connectivity index (χ3n) is 4.24. The Morgan fingerprint density at radius 2 is 1.27 bits per heavy atom. The average molecular weight is 425 g/mol. The SMILES string of the molecule is CC(Oc1ccc(Oc2ccc(Cl)cc2)cc1)C(=O)OC(C)C(=O)c1ccccc1. The first kappa shape index (κ1) is 21.4. The molecule has 30 heavy (non-hydrogen) atoms. The van der Waals surface area contributed by atoms with Crippen LogP contribution in [-0.2, 0) is 9.53 Å². The lowest BCUT2D eigenvalue weighted by atomic mass is 10.1. The molecule has 3 aromatic carbocycles. The van der Waals surface area contributed by atoms with E-state index in [9.17, 15) is 9.59 Å². The van der Waals surface area contributed by atoms with Gasteiger partial charge >= 0.3 is 5.97 Å². The average Bonchev–Trinajstić information content (AvgIpc) is 2.76. The highest BCUT2D eigenvalue weighted by Crippen LogP contribution is 2.25. The van der Waals surface area contributed by atoms with Gasteiger partial charge in [-0.15, -0.1) is 0 Å². The molecule has 0 heterocycles. The first-order valence-electron chi connectivity index (χ1n) is 9.42. The molecule has 0 amide bonds. The van der Waals surface area contributed by atoms with E-state index in [-0.39, 0.29) is 5.78 Å². The molecule has 3 rings (SSSR count).